The van der Waals surface area contributed by atoms with E-state index in [4.69, 9.17) is 39.0 Å². The Morgan fingerprint density at radius 3 is 2.28 bits per heavy atom. The van der Waals surface area contributed by atoms with Gasteiger partial charge in [0.05, 0.1) is 24.9 Å². The highest BCUT2D eigenvalue weighted by Gasteiger charge is 2.33. The first-order valence-electron chi connectivity index (χ1n) is 11.5. The monoisotopic (exact) mass is 523 g/mol. The molecule has 0 fully saturated rings. The van der Waals surface area contributed by atoms with Crippen molar-refractivity contribution in [3.63, 3.8) is 0 Å². The quantitative estimate of drug-likeness (QED) is 0.319. The van der Waals surface area contributed by atoms with E-state index in [1.165, 1.54) is 6.92 Å². The van der Waals surface area contributed by atoms with Crippen LogP contribution in [0.25, 0.3) is 0 Å². The number of aliphatic hydroxyl groups is 1. The number of guanidine groups is 1. The summed E-state index contributed by atoms with van der Waals surface area (Å²) in [5.74, 6) is -0.419. The Morgan fingerprint density at radius 1 is 1.08 bits per heavy atom. The molecule has 1 aliphatic heterocycles. The molecule has 4 N–H and O–H groups in total. The van der Waals surface area contributed by atoms with E-state index in [-0.39, 0.29) is 5.92 Å². The van der Waals surface area contributed by atoms with E-state index < -0.39 is 18.1 Å². The highest BCUT2D eigenvalue weighted by molar-refractivity contribution is 6.31. The van der Waals surface area contributed by atoms with Gasteiger partial charge < -0.3 is 16.2 Å². The average molecular weight is 524 g/mol. The maximum atomic E-state index is 12.1. The number of benzene rings is 3. The van der Waals surface area contributed by atoms with Crippen LogP contribution in [0.4, 0.5) is 0 Å². The van der Waals surface area contributed by atoms with Gasteiger partial charge in [0.15, 0.2) is 0 Å². The number of aliphatic imine (C=N–C) groups is 1. The van der Waals surface area contributed by atoms with Crippen LogP contribution in [0.15, 0.2) is 89.0 Å². The van der Waals surface area contributed by atoms with E-state index in [0.29, 0.717) is 29.1 Å². The fraction of sp³-hybridized carbons (Fsp3) is 0.222. The summed E-state index contributed by atoms with van der Waals surface area (Å²) in [6.45, 7) is 2.28. The normalized spacial score (nSPS) is 17.4. The standard InChI is InChI=1S/C27H27Cl2N5O2/c1-17(35)24(26(30)36)32-27(31-15-18-7-11-21(28)12-8-18)34-16-23(19-5-3-2-4-6-19)25(33-34)20-9-13-22(29)14-10-20/h2-14,17,23-24,35H,15-16H2,1H3,(H2,30,36)(H,31,32)/t17-,23-,24+/m1/s1. The molecule has 0 aliphatic carbocycles. The Morgan fingerprint density at radius 2 is 1.69 bits per heavy atom. The van der Waals surface area contributed by atoms with E-state index in [0.717, 1.165) is 22.4 Å². The maximum absolute atomic E-state index is 12.1. The summed E-state index contributed by atoms with van der Waals surface area (Å²) < 4.78 is 0. The van der Waals surface area contributed by atoms with Crippen molar-refractivity contribution in [1.82, 2.24) is 10.3 Å². The third-order valence-electron chi connectivity index (χ3n) is 5.90. The lowest BCUT2D eigenvalue weighted by Gasteiger charge is -2.25. The second-order valence-electron chi connectivity index (χ2n) is 8.57. The van der Waals surface area contributed by atoms with Crippen molar-refractivity contribution in [3.8, 4) is 0 Å². The average Bonchev–Trinajstić information content (AvgIpc) is 3.31. The molecule has 0 saturated heterocycles. The zero-order chi connectivity index (χ0) is 25.7. The number of aliphatic hydroxyl groups excluding tert-OH is 1. The molecule has 3 aromatic rings. The van der Waals surface area contributed by atoms with Crippen LogP contribution in [0.3, 0.4) is 0 Å². The van der Waals surface area contributed by atoms with E-state index in [1.54, 1.807) is 17.1 Å². The molecular formula is C27H27Cl2N5O2. The first kappa shape index (κ1) is 25.7. The van der Waals surface area contributed by atoms with Gasteiger partial charge in [0.2, 0.25) is 11.9 Å². The zero-order valence-corrected chi connectivity index (χ0v) is 21.2. The second kappa shape index (κ2) is 11.6. The molecule has 1 aliphatic rings. The van der Waals surface area contributed by atoms with E-state index in [2.05, 4.69) is 17.4 Å². The Bertz CT molecular complexity index is 1250. The topological polar surface area (TPSA) is 103 Å². The number of hydrazone groups is 1. The smallest absolute Gasteiger partial charge is 0.242 e. The van der Waals surface area contributed by atoms with Gasteiger partial charge in [0.1, 0.15) is 6.04 Å². The van der Waals surface area contributed by atoms with Gasteiger partial charge in [-0.3, -0.25) is 4.79 Å². The molecule has 9 heteroatoms. The molecule has 1 heterocycles. The first-order valence-corrected chi connectivity index (χ1v) is 12.3. The molecule has 0 aromatic heterocycles. The van der Waals surface area contributed by atoms with Crippen molar-refractivity contribution in [2.45, 2.75) is 31.5 Å². The van der Waals surface area contributed by atoms with Gasteiger partial charge in [0.25, 0.3) is 0 Å². The van der Waals surface area contributed by atoms with Gasteiger partial charge in [-0.05, 0) is 47.9 Å². The molecule has 186 valence electrons. The second-order valence-corrected chi connectivity index (χ2v) is 9.44. The lowest BCUT2D eigenvalue weighted by atomic mass is 9.91. The number of carbonyl (C=O) groups is 1. The molecule has 0 spiro atoms. The number of hydrogen-bond acceptors (Lipinski definition) is 4. The summed E-state index contributed by atoms with van der Waals surface area (Å²) in [4.78, 5) is 16.8. The molecule has 1 amide bonds. The fourth-order valence-corrected chi connectivity index (χ4v) is 4.24. The Balaban J connectivity index is 1.72. The minimum absolute atomic E-state index is 0.0616. The van der Waals surface area contributed by atoms with E-state index in [1.807, 2.05) is 54.6 Å². The molecule has 0 bridgehead atoms. The molecule has 4 rings (SSSR count). The van der Waals surface area contributed by atoms with Crippen molar-refractivity contribution < 1.29 is 9.90 Å². The van der Waals surface area contributed by atoms with Crippen molar-refractivity contribution >= 4 is 40.8 Å². The molecule has 3 aromatic carbocycles. The van der Waals surface area contributed by atoms with E-state index in [9.17, 15) is 9.90 Å². The van der Waals surface area contributed by atoms with Gasteiger partial charge >= 0.3 is 0 Å². The SMILES string of the molecule is C[C@@H](O)[C@H](N/C(=N\Cc1ccc(Cl)cc1)N1C[C@H](c2ccccc2)C(c2ccc(Cl)cc2)=N1)C(N)=O. The van der Waals surface area contributed by atoms with Crippen LogP contribution in [0.5, 0.6) is 0 Å². The number of hydrogen-bond donors (Lipinski definition) is 3. The highest BCUT2D eigenvalue weighted by Crippen LogP contribution is 2.29. The summed E-state index contributed by atoms with van der Waals surface area (Å²) in [7, 11) is 0. The summed E-state index contributed by atoms with van der Waals surface area (Å²) >= 11 is 12.1. The Labute approximate surface area is 220 Å². The Hall–Kier alpha value is -3.39. The number of nitrogens with two attached hydrogens (primary N) is 1. The maximum Gasteiger partial charge on any atom is 0.242 e. The van der Waals surface area contributed by atoms with Crippen LogP contribution in [0.1, 0.15) is 29.5 Å². The molecule has 36 heavy (non-hydrogen) atoms. The molecular weight excluding hydrogens is 497 g/mol. The minimum atomic E-state index is -1.04. The van der Waals surface area contributed by atoms with Crippen LogP contribution in [-0.2, 0) is 11.3 Å². The zero-order valence-electron chi connectivity index (χ0n) is 19.7. The summed E-state index contributed by atoms with van der Waals surface area (Å²) in [6, 6.07) is 23.9. The molecule has 0 saturated carbocycles. The van der Waals surface area contributed by atoms with Crippen molar-refractivity contribution in [3.05, 3.63) is 106 Å². The minimum Gasteiger partial charge on any atom is -0.391 e. The van der Waals surface area contributed by atoms with Gasteiger partial charge in [-0.1, -0.05) is 77.8 Å². The number of nitrogens with one attached hydrogen (secondary N) is 1. The number of carbonyl (C=O) groups excluding carboxylic acids is 1. The van der Waals surface area contributed by atoms with Crippen molar-refractivity contribution in [1.29, 1.82) is 0 Å². The van der Waals surface area contributed by atoms with Crippen molar-refractivity contribution in [2.24, 2.45) is 15.8 Å². The number of primary amides is 1. The van der Waals surface area contributed by atoms with Gasteiger partial charge in [-0.2, -0.15) is 5.10 Å². The van der Waals surface area contributed by atoms with Crippen LogP contribution in [0, 0.1) is 0 Å². The molecule has 7 nitrogen and oxygen atoms in total. The lowest BCUT2D eigenvalue weighted by molar-refractivity contribution is -0.121. The molecule has 0 radical (unpaired) electrons. The van der Waals surface area contributed by atoms with Crippen LogP contribution >= 0.6 is 23.2 Å². The first-order chi connectivity index (χ1) is 17.3. The number of halogens is 2. The van der Waals surface area contributed by atoms with E-state index >= 15 is 0 Å². The lowest BCUT2D eigenvalue weighted by Crippen LogP contribution is -2.54. The fourth-order valence-electron chi connectivity index (χ4n) is 3.99. The third-order valence-corrected chi connectivity index (χ3v) is 6.40. The van der Waals surface area contributed by atoms with Crippen molar-refractivity contribution in [2.75, 3.05) is 6.54 Å². The predicted octanol–water partition coefficient (Wildman–Crippen LogP) is 4.18. The summed E-state index contributed by atoms with van der Waals surface area (Å²) in [5, 5.41) is 21.1. The van der Waals surface area contributed by atoms with Gasteiger partial charge in [-0.25, -0.2) is 10.0 Å². The largest absolute Gasteiger partial charge is 0.391 e. The van der Waals surface area contributed by atoms with Crippen LogP contribution < -0.4 is 11.1 Å². The summed E-state index contributed by atoms with van der Waals surface area (Å²) in [6.07, 6.45) is -1.03. The number of amides is 1. The predicted molar refractivity (Wildman–Crippen MR) is 144 cm³/mol. The van der Waals surface area contributed by atoms with Gasteiger partial charge in [0, 0.05) is 16.0 Å². The Kier molecular flexibility index (Phi) is 8.25. The van der Waals surface area contributed by atoms with Gasteiger partial charge in [-0.15, -0.1) is 0 Å². The third kappa shape index (κ3) is 6.23. The van der Waals surface area contributed by atoms with Crippen LogP contribution in [-0.4, -0.2) is 46.4 Å². The molecule has 0 unspecified atom stereocenters. The summed E-state index contributed by atoms with van der Waals surface area (Å²) in [5.41, 5.74) is 9.34. The number of nitrogens with zero attached hydrogens (tertiary/aromatic N) is 3. The highest BCUT2D eigenvalue weighted by atomic mass is 35.5. The molecule has 3 atom stereocenters. The number of rotatable bonds is 7. The van der Waals surface area contributed by atoms with Crippen LogP contribution in [0.2, 0.25) is 10.0 Å².